The molecule has 4 heterocycles. The van der Waals surface area contributed by atoms with Gasteiger partial charge in [0.2, 0.25) is 23.6 Å². The second-order valence-corrected chi connectivity index (χ2v) is 12.9. The molecule has 0 saturated carbocycles. The van der Waals surface area contributed by atoms with Crippen LogP contribution in [-0.2, 0) is 36.9 Å². The Bertz CT molecular complexity index is 1570. The van der Waals surface area contributed by atoms with Crippen molar-refractivity contribution in [2.75, 3.05) is 13.2 Å². The van der Waals surface area contributed by atoms with E-state index in [1.54, 1.807) is 42.5 Å². The fraction of sp³-hybridized carbons (Fsp3) is 0.424. The van der Waals surface area contributed by atoms with E-state index in [-0.39, 0.29) is 37.3 Å². The smallest absolute Gasteiger partial charge is 0.258 e. The molecule has 2 bridgehead atoms. The van der Waals surface area contributed by atoms with E-state index in [0.717, 1.165) is 21.2 Å². The summed E-state index contributed by atoms with van der Waals surface area (Å²) >= 11 is 1.65. The highest BCUT2D eigenvalue weighted by atomic mass is 32.1. The highest BCUT2D eigenvalue weighted by molar-refractivity contribution is 7.17. The maximum absolute atomic E-state index is 13.5. The highest BCUT2D eigenvalue weighted by Gasteiger charge is 2.39. The molecule has 3 aliphatic rings. The average Bonchev–Trinajstić information content (AvgIpc) is 3.71. The molecule has 2 aromatic carbocycles. The summed E-state index contributed by atoms with van der Waals surface area (Å²) in [4.78, 5) is 67.9. The second kappa shape index (κ2) is 14.1. The van der Waals surface area contributed by atoms with Gasteiger partial charge in [-0.25, -0.2) is 0 Å². The molecule has 6 rings (SSSR count). The number of fused-ring (bicyclic) bond motifs is 14. The summed E-state index contributed by atoms with van der Waals surface area (Å²) in [6.45, 7) is 5.54. The summed E-state index contributed by atoms with van der Waals surface area (Å²) < 4.78 is 6.83. The van der Waals surface area contributed by atoms with Crippen LogP contribution < -0.4 is 26.0 Å². The molecule has 11 nitrogen and oxygen atoms in total. The third kappa shape index (κ3) is 7.80. The molecule has 0 radical (unpaired) electrons. The Morgan fingerprint density at radius 2 is 1.80 bits per heavy atom. The summed E-state index contributed by atoms with van der Waals surface area (Å²) in [7, 11) is 0. The van der Waals surface area contributed by atoms with Gasteiger partial charge in [-0.05, 0) is 77.9 Å². The van der Waals surface area contributed by atoms with Crippen molar-refractivity contribution in [1.82, 2.24) is 26.2 Å². The first-order valence-corrected chi connectivity index (χ1v) is 16.1. The number of carbonyl (C=O) groups excluding carboxylic acids is 5. The molecule has 238 valence electrons. The predicted molar refractivity (Wildman–Crippen MR) is 170 cm³/mol. The molecular formula is C33H39N5O6S. The van der Waals surface area contributed by atoms with Crippen molar-refractivity contribution in [3.63, 3.8) is 0 Å². The Hall–Kier alpha value is -4.45. The van der Waals surface area contributed by atoms with Crippen LogP contribution in [0.1, 0.15) is 44.7 Å². The molecule has 4 atom stereocenters. The van der Waals surface area contributed by atoms with Gasteiger partial charge < -0.3 is 30.9 Å². The number of thiophene rings is 1. The number of ether oxygens (including phenoxy) is 1. The van der Waals surface area contributed by atoms with Crippen molar-refractivity contribution in [1.29, 1.82) is 0 Å². The molecule has 12 heteroatoms. The molecule has 0 aliphatic carbocycles. The SMILES string of the molecule is CC(C)[C@@H]1NC(=O)COc2ccc(cc2)C[C@@H](C(=O)NCc2ccc3sccc3c2)NC(=O)[C@H](C)NC(=O)[C@H]2CCCN2C1=O. The fourth-order valence-electron chi connectivity index (χ4n) is 5.64. The zero-order valence-electron chi connectivity index (χ0n) is 25.6. The molecule has 0 spiro atoms. The molecule has 45 heavy (non-hydrogen) atoms. The van der Waals surface area contributed by atoms with E-state index in [1.807, 2.05) is 43.5 Å². The van der Waals surface area contributed by atoms with Gasteiger partial charge in [-0.3, -0.25) is 24.0 Å². The fourth-order valence-corrected chi connectivity index (χ4v) is 6.41. The van der Waals surface area contributed by atoms with Gasteiger partial charge in [-0.15, -0.1) is 11.3 Å². The molecule has 3 aliphatic heterocycles. The van der Waals surface area contributed by atoms with Gasteiger partial charge in [0.15, 0.2) is 6.61 Å². The maximum atomic E-state index is 13.5. The van der Waals surface area contributed by atoms with E-state index >= 15 is 0 Å². The highest BCUT2D eigenvalue weighted by Crippen LogP contribution is 2.23. The third-order valence-electron chi connectivity index (χ3n) is 8.19. The standard InChI is InChI=1S/C33H39N5O6S/c1-19(2)29-33(43)38-13-4-5-26(38)32(42)35-20(3)30(40)36-25(16-21-6-9-24(10-7-21)44-18-28(39)37-29)31(41)34-17-22-8-11-27-23(15-22)12-14-45-27/h6-12,14-15,19-20,25-26,29H,4-5,13,16-18H2,1-3H3,(H,34,41)(H,35,42)(H,36,40)(H,37,39)/t20-,25-,26+,29-/m0/s1. The first-order chi connectivity index (χ1) is 21.6. The Balaban J connectivity index is 1.36. The van der Waals surface area contributed by atoms with Crippen LogP contribution in [0.25, 0.3) is 10.1 Å². The minimum absolute atomic E-state index is 0.184. The summed E-state index contributed by atoms with van der Waals surface area (Å²) in [5.74, 6) is -1.96. The molecule has 3 aromatic rings. The number of hydrogen-bond donors (Lipinski definition) is 4. The lowest BCUT2D eigenvalue weighted by atomic mass is 10.0. The van der Waals surface area contributed by atoms with Crippen LogP contribution in [0, 0.1) is 5.92 Å². The number of carbonyl (C=O) groups is 5. The van der Waals surface area contributed by atoms with Crippen LogP contribution >= 0.6 is 11.3 Å². The lowest BCUT2D eigenvalue weighted by molar-refractivity contribution is -0.143. The minimum atomic E-state index is -0.968. The lowest BCUT2D eigenvalue weighted by Gasteiger charge is -2.31. The first-order valence-electron chi connectivity index (χ1n) is 15.2. The van der Waals surface area contributed by atoms with Gasteiger partial charge in [-0.2, -0.15) is 0 Å². The third-order valence-corrected chi connectivity index (χ3v) is 9.09. The molecule has 1 saturated heterocycles. The van der Waals surface area contributed by atoms with Crippen LogP contribution in [0.5, 0.6) is 5.75 Å². The van der Waals surface area contributed by atoms with Crippen LogP contribution in [0.15, 0.2) is 53.9 Å². The van der Waals surface area contributed by atoms with Gasteiger partial charge in [0, 0.05) is 24.2 Å². The van der Waals surface area contributed by atoms with E-state index in [2.05, 4.69) is 21.3 Å². The largest absolute Gasteiger partial charge is 0.484 e. The van der Waals surface area contributed by atoms with Crippen LogP contribution in [-0.4, -0.2) is 71.8 Å². The molecule has 4 N–H and O–H groups in total. The number of nitrogens with one attached hydrogen (secondary N) is 4. The predicted octanol–water partition coefficient (Wildman–Crippen LogP) is 2.27. The Kier molecular flexibility index (Phi) is 10.0. The zero-order chi connectivity index (χ0) is 32.1. The second-order valence-electron chi connectivity index (χ2n) is 11.9. The van der Waals surface area contributed by atoms with Crippen molar-refractivity contribution in [3.8, 4) is 5.75 Å². The monoisotopic (exact) mass is 633 g/mol. The molecule has 5 amide bonds. The summed E-state index contributed by atoms with van der Waals surface area (Å²) in [5, 5.41) is 14.4. The average molecular weight is 634 g/mol. The van der Waals surface area contributed by atoms with Crippen LogP contribution in [0.3, 0.4) is 0 Å². The minimum Gasteiger partial charge on any atom is -0.484 e. The first kappa shape index (κ1) is 32.0. The molecular weight excluding hydrogens is 594 g/mol. The number of amides is 5. The molecule has 1 fully saturated rings. The molecule has 0 unspecified atom stereocenters. The van der Waals surface area contributed by atoms with Gasteiger partial charge in [0.25, 0.3) is 5.91 Å². The summed E-state index contributed by atoms with van der Waals surface area (Å²) in [5.41, 5.74) is 1.69. The number of nitrogens with zero attached hydrogens (tertiary/aromatic N) is 1. The zero-order valence-corrected chi connectivity index (χ0v) is 26.4. The topological polar surface area (TPSA) is 146 Å². The molecule has 1 aromatic heterocycles. The quantitative estimate of drug-likeness (QED) is 0.347. The van der Waals surface area contributed by atoms with Crippen molar-refractivity contribution in [2.45, 2.75) is 70.7 Å². The van der Waals surface area contributed by atoms with Gasteiger partial charge >= 0.3 is 0 Å². The van der Waals surface area contributed by atoms with E-state index < -0.39 is 41.9 Å². The van der Waals surface area contributed by atoms with Crippen molar-refractivity contribution < 1.29 is 28.7 Å². The number of benzene rings is 2. The van der Waals surface area contributed by atoms with E-state index in [4.69, 9.17) is 4.74 Å². The van der Waals surface area contributed by atoms with Crippen LogP contribution in [0.4, 0.5) is 0 Å². The Morgan fingerprint density at radius 3 is 2.56 bits per heavy atom. The summed E-state index contributed by atoms with van der Waals surface area (Å²) in [6, 6.07) is 11.4. The van der Waals surface area contributed by atoms with Gasteiger partial charge in [0.1, 0.15) is 29.9 Å². The summed E-state index contributed by atoms with van der Waals surface area (Å²) in [6.07, 6.45) is 1.23. The van der Waals surface area contributed by atoms with Gasteiger partial charge in [-0.1, -0.05) is 32.0 Å². The Morgan fingerprint density at radius 1 is 1.02 bits per heavy atom. The van der Waals surface area contributed by atoms with Crippen molar-refractivity contribution in [2.24, 2.45) is 5.92 Å². The number of hydrogen-bond acceptors (Lipinski definition) is 7. The van der Waals surface area contributed by atoms with Gasteiger partial charge in [0.05, 0.1) is 0 Å². The Labute approximate surface area is 266 Å². The van der Waals surface area contributed by atoms with Crippen molar-refractivity contribution >= 4 is 51.0 Å². The normalized spacial score (nSPS) is 23.3. The van der Waals surface area contributed by atoms with E-state index in [1.165, 1.54) is 4.90 Å². The lowest BCUT2D eigenvalue weighted by Crippen LogP contribution is -2.58. The van der Waals surface area contributed by atoms with Crippen LogP contribution in [0.2, 0.25) is 0 Å². The maximum Gasteiger partial charge on any atom is 0.258 e. The number of rotatable bonds is 4. The van der Waals surface area contributed by atoms with Crippen molar-refractivity contribution in [3.05, 3.63) is 65.0 Å². The van der Waals surface area contributed by atoms with E-state index in [0.29, 0.717) is 25.1 Å². The van der Waals surface area contributed by atoms with E-state index in [9.17, 15) is 24.0 Å².